The van der Waals surface area contributed by atoms with Gasteiger partial charge in [-0.2, -0.15) is 0 Å². The number of hydrogen-bond donors (Lipinski definition) is 2. The number of urea groups is 1. The summed E-state index contributed by atoms with van der Waals surface area (Å²) in [5.41, 5.74) is 1.77. The van der Waals surface area contributed by atoms with E-state index in [2.05, 4.69) is 10.6 Å². The van der Waals surface area contributed by atoms with Gasteiger partial charge in [-0.3, -0.25) is 19.8 Å². The Bertz CT molecular complexity index is 1180. The number of hydrogen-bond acceptors (Lipinski definition) is 6. The molecule has 1 unspecified atom stereocenters. The number of benzene rings is 2. The normalized spacial score (nSPS) is 15.5. The van der Waals surface area contributed by atoms with Crippen LogP contribution in [-0.4, -0.2) is 40.9 Å². The quantitative estimate of drug-likeness (QED) is 0.308. The van der Waals surface area contributed by atoms with Crippen LogP contribution in [0.4, 0.5) is 16.2 Å². The highest BCUT2D eigenvalue weighted by molar-refractivity contribution is 6.04. The number of nitro benzene ring substituents is 1. The second-order valence-electron chi connectivity index (χ2n) is 7.99. The number of unbranched alkanes of at least 4 members (excludes halogenated alkanes) is 1. The number of nitro groups is 1. The second kappa shape index (κ2) is 11.3. The van der Waals surface area contributed by atoms with Gasteiger partial charge in [0.25, 0.3) is 11.6 Å². The minimum Gasteiger partial charge on any atom is -0.463 e. The molecule has 10 nitrogen and oxygen atoms in total. The molecule has 2 N–H and O–H groups in total. The highest BCUT2D eigenvalue weighted by Gasteiger charge is 2.36. The van der Waals surface area contributed by atoms with Crippen LogP contribution >= 0.6 is 0 Å². The number of nitrogens with zero attached hydrogens (tertiary/aromatic N) is 2. The standard InChI is InChI=1S/C25H28N4O6/c1-4-6-13-28-16(3)21(24(31)35-5-2)22(27-25(28)32)17-9-7-11-19(14-17)26-23(30)18-10-8-12-20(15-18)29(33)34/h7-12,14-15,22H,4-6,13H2,1-3H3,(H,26,30)(H,27,32). The van der Waals surface area contributed by atoms with Gasteiger partial charge in [-0.15, -0.1) is 0 Å². The van der Waals surface area contributed by atoms with Gasteiger partial charge in [-0.25, -0.2) is 9.59 Å². The maximum atomic E-state index is 12.9. The van der Waals surface area contributed by atoms with Crippen molar-refractivity contribution in [3.63, 3.8) is 0 Å². The second-order valence-corrected chi connectivity index (χ2v) is 7.99. The number of amides is 3. The molecule has 0 aromatic heterocycles. The third-order valence-corrected chi connectivity index (χ3v) is 5.62. The van der Waals surface area contributed by atoms with Crippen LogP contribution in [0.5, 0.6) is 0 Å². The maximum absolute atomic E-state index is 12.9. The van der Waals surface area contributed by atoms with Gasteiger partial charge in [0, 0.05) is 35.6 Å². The molecule has 0 spiro atoms. The minimum atomic E-state index is -0.769. The molecule has 184 valence electrons. The molecule has 1 aliphatic rings. The van der Waals surface area contributed by atoms with Crippen LogP contribution in [0.15, 0.2) is 59.8 Å². The van der Waals surface area contributed by atoms with Crippen LogP contribution in [0.25, 0.3) is 0 Å². The molecule has 0 fully saturated rings. The molecule has 35 heavy (non-hydrogen) atoms. The van der Waals surface area contributed by atoms with E-state index < -0.39 is 22.8 Å². The molecule has 2 aromatic carbocycles. The molecule has 3 amide bonds. The lowest BCUT2D eigenvalue weighted by Crippen LogP contribution is -2.48. The van der Waals surface area contributed by atoms with E-state index in [1.807, 2.05) is 6.92 Å². The van der Waals surface area contributed by atoms with Crippen molar-refractivity contribution in [3.05, 3.63) is 81.0 Å². The molecule has 0 saturated carbocycles. The number of allylic oxidation sites excluding steroid dienone is 1. The highest BCUT2D eigenvalue weighted by Crippen LogP contribution is 2.32. The Morgan fingerprint density at radius 2 is 1.91 bits per heavy atom. The zero-order valence-electron chi connectivity index (χ0n) is 19.9. The molecular formula is C25H28N4O6. The first-order chi connectivity index (χ1) is 16.8. The van der Waals surface area contributed by atoms with Crippen molar-refractivity contribution in [2.75, 3.05) is 18.5 Å². The summed E-state index contributed by atoms with van der Waals surface area (Å²) in [7, 11) is 0. The van der Waals surface area contributed by atoms with Crippen molar-refractivity contribution in [3.8, 4) is 0 Å². The lowest BCUT2D eigenvalue weighted by Gasteiger charge is -2.35. The van der Waals surface area contributed by atoms with Crippen molar-refractivity contribution >= 4 is 29.3 Å². The van der Waals surface area contributed by atoms with Crippen molar-refractivity contribution < 1.29 is 24.0 Å². The maximum Gasteiger partial charge on any atom is 0.338 e. The first-order valence-electron chi connectivity index (χ1n) is 11.4. The van der Waals surface area contributed by atoms with Gasteiger partial charge >= 0.3 is 12.0 Å². The Labute approximate surface area is 203 Å². The number of carbonyl (C=O) groups is 3. The summed E-state index contributed by atoms with van der Waals surface area (Å²) < 4.78 is 5.28. The number of anilines is 1. The minimum absolute atomic E-state index is 0.130. The van der Waals surface area contributed by atoms with E-state index in [1.54, 1.807) is 43.0 Å². The number of non-ortho nitro benzene ring substituents is 1. The summed E-state index contributed by atoms with van der Waals surface area (Å²) in [6, 6.07) is 11.0. The monoisotopic (exact) mass is 480 g/mol. The van der Waals surface area contributed by atoms with Gasteiger partial charge in [-0.05, 0) is 44.0 Å². The molecule has 2 aromatic rings. The van der Waals surface area contributed by atoms with Gasteiger partial charge in [0.1, 0.15) is 0 Å². The molecule has 3 rings (SSSR count). The fourth-order valence-electron chi connectivity index (χ4n) is 3.85. The molecule has 1 atom stereocenters. The third-order valence-electron chi connectivity index (χ3n) is 5.62. The summed E-state index contributed by atoms with van der Waals surface area (Å²) >= 11 is 0. The van der Waals surface area contributed by atoms with E-state index in [0.29, 0.717) is 29.1 Å². The van der Waals surface area contributed by atoms with Gasteiger partial charge in [0.05, 0.1) is 23.1 Å². The molecule has 1 heterocycles. The summed E-state index contributed by atoms with van der Waals surface area (Å²) in [5.74, 6) is -1.05. The molecule has 1 aliphatic heterocycles. The van der Waals surface area contributed by atoms with Crippen LogP contribution in [-0.2, 0) is 9.53 Å². The predicted molar refractivity (Wildman–Crippen MR) is 130 cm³/mol. The van der Waals surface area contributed by atoms with E-state index in [1.165, 1.54) is 24.3 Å². The topological polar surface area (TPSA) is 131 Å². The third kappa shape index (κ3) is 5.84. The average molecular weight is 481 g/mol. The average Bonchev–Trinajstić information content (AvgIpc) is 2.84. The van der Waals surface area contributed by atoms with Gasteiger partial charge in [0.15, 0.2) is 0 Å². The van der Waals surface area contributed by atoms with Crippen LogP contribution in [0.3, 0.4) is 0 Å². The number of rotatable bonds is 9. The Morgan fingerprint density at radius 3 is 2.60 bits per heavy atom. The zero-order valence-corrected chi connectivity index (χ0v) is 19.9. The molecule has 10 heteroatoms. The van der Waals surface area contributed by atoms with Crippen LogP contribution < -0.4 is 10.6 Å². The number of nitrogens with one attached hydrogen (secondary N) is 2. The van der Waals surface area contributed by atoms with Gasteiger partial charge < -0.3 is 15.4 Å². The fourth-order valence-corrected chi connectivity index (χ4v) is 3.85. The summed E-state index contributed by atoms with van der Waals surface area (Å²) in [4.78, 5) is 50.4. The predicted octanol–water partition coefficient (Wildman–Crippen LogP) is 4.55. The molecule has 0 aliphatic carbocycles. The number of esters is 1. The lowest BCUT2D eigenvalue weighted by molar-refractivity contribution is -0.384. The molecule has 0 bridgehead atoms. The Balaban J connectivity index is 1.92. The summed E-state index contributed by atoms with van der Waals surface area (Å²) in [5, 5.41) is 16.6. The van der Waals surface area contributed by atoms with E-state index in [-0.39, 0.29) is 23.9 Å². The molecular weight excluding hydrogens is 452 g/mol. The molecule has 0 radical (unpaired) electrons. The SMILES string of the molecule is CCCCN1C(=O)NC(c2cccc(NC(=O)c3cccc([N+](=O)[O-])c3)c2)C(C(=O)OCC)=C1C. The summed E-state index contributed by atoms with van der Waals surface area (Å²) in [6.07, 6.45) is 1.67. The van der Waals surface area contributed by atoms with Crippen molar-refractivity contribution in [2.24, 2.45) is 0 Å². The first-order valence-corrected chi connectivity index (χ1v) is 11.4. The molecule has 0 saturated heterocycles. The lowest BCUT2D eigenvalue weighted by atomic mass is 9.94. The highest BCUT2D eigenvalue weighted by atomic mass is 16.6. The Hall–Kier alpha value is -4.21. The van der Waals surface area contributed by atoms with Crippen molar-refractivity contribution in [2.45, 2.75) is 39.7 Å². The van der Waals surface area contributed by atoms with Crippen LogP contribution in [0.2, 0.25) is 0 Å². The van der Waals surface area contributed by atoms with Gasteiger partial charge in [-0.1, -0.05) is 31.5 Å². The first kappa shape index (κ1) is 25.4. The Kier molecular flexibility index (Phi) is 8.19. The van der Waals surface area contributed by atoms with Crippen molar-refractivity contribution in [1.82, 2.24) is 10.2 Å². The van der Waals surface area contributed by atoms with E-state index in [4.69, 9.17) is 4.74 Å². The Morgan fingerprint density at radius 1 is 1.17 bits per heavy atom. The number of ether oxygens (including phenoxy) is 1. The van der Waals surface area contributed by atoms with Crippen molar-refractivity contribution in [1.29, 1.82) is 0 Å². The zero-order chi connectivity index (χ0) is 25.5. The van der Waals surface area contributed by atoms with E-state index in [9.17, 15) is 24.5 Å². The summed E-state index contributed by atoms with van der Waals surface area (Å²) in [6.45, 7) is 6.11. The van der Waals surface area contributed by atoms with Crippen LogP contribution in [0.1, 0.15) is 55.6 Å². The van der Waals surface area contributed by atoms with Crippen LogP contribution in [0, 0.1) is 10.1 Å². The van der Waals surface area contributed by atoms with E-state index in [0.717, 1.165) is 12.8 Å². The number of carbonyl (C=O) groups excluding carboxylic acids is 3. The largest absolute Gasteiger partial charge is 0.463 e. The van der Waals surface area contributed by atoms with Gasteiger partial charge in [0.2, 0.25) is 0 Å². The fraction of sp³-hybridized carbons (Fsp3) is 0.320. The smallest absolute Gasteiger partial charge is 0.338 e. The van der Waals surface area contributed by atoms with E-state index >= 15 is 0 Å².